The van der Waals surface area contributed by atoms with Gasteiger partial charge in [-0.05, 0) is 24.6 Å². The smallest absolute Gasteiger partial charge is 0.231 e. The Balaban J connectivity index is 1.66. The third-order valence-corrected chi connectivity index (χ3v) is 4.01. The van der Waals surface area contributed by atoms with E-state index in [0.717, 1.165) is 6.07 Å². The summed E-state index contributed by atoms with van der Waals surface area (Å²) < 4.78 is 41.8. The molecule has 1 aliphatic rings. The van der Waals surface area contributed by atoms with Crippen molar-refractivity contribution < 1.29 is 18.0 Å². The van der Waals surface area contributed by atoms with E-state index in [1.807, 2.05) is 0 Å². The molecule has 1 N–H and O–H groups in total. The number of halogens is 3. The van der Waals surface area contributed by atoms with Crippen molar-refractivity contribution in [3.8, 4) is 11.1 Å². The van der Waals surface area contributed by atoms with Crippen LogP contribution in [0.2, 0.25) is 0 Å². The van der Waals surface area contributed by atoms with Crippen molar-refractivity contribution in [2.45, 2.75) is 12.6 Å². The number of alkyl halides is 1. The second-order valence-corrected chi connectivity index (χ2v) is 5.76. The molecule has 2 heterocycles. The van der Waals surface area contributed by atoms with Gasteiger partial charge in [-0.1, -0.05) is 12.1 Å². The molecule has 0 unspecified atom stereocenters. The molecule has 1 fully saturated rings. The number of aromatic nitrogens is 2. The summed E-state index contributed by atoms with van der Waals surface area (Å²) in [5.74, 6) is -2.56. The maximum absolute atomic E-state index is 13.9. The van der Waals surface area contributed by atoms with Crippen molar-refractivity contribution in [3.05, 3.63) is 54.4 Å². The van der Waals surface area contributed by atoms with E-state index in [2.05, 4.69) is 10.3 Å². The number of hydrogen-bond donors (Lipinski definition) is 1. The lowest BCUT2D eigenvalue weighted by Crippen LogP contribution is -2.15. The highest BCUT2D eigenvalue weighted by molar-refractivity contribution is 5.94. The van der Waals surface area contributed by atoms with Gasteiger partial charge in [-0.25, -0.2) is 18.2 Å². The molecule has 7 heteroatoms. The van der Waals surface area contributed by atoms with Crippen LogP contribution in [0.5, 0.6) is 0 Å². The largest absolute Gasteiger partial charge is 0.309 e. The summed E-state index contributed by atoms with van der Waals surface area (Å²) in [5, 5.41) is 2.56. The van der Waals surface area contributed by atoms with Gasteiger partial charge in [0, 0.05) is 17.3 Å². The maximum Gasteiger partial charge on any atom is 0.231 e. The van der Waals surface area contributed by atoms with Crippen LogP contribution in [0.15, 0.2) is 42.7 Å². The van der Waals surface area contributed by atoms with E-state index < -0.39 is 29.6 Å². The molecule has 122 valence electrons. The van der Waals surface area contributed by atoms with E-state index in [4.69, 9.17) is 0 Å². The Morgan fingerprint density at radius 2 is 2.00 bits per heavy atom. The van der Waals surface area contributed by atoms with Gasteiger partial charge in [0.25, 0.3) is 0 Å². The first-order chi connectivity index (χ1) is 11.5. The van der Waals surface area contributed by atoms with Crippen molar-refractivity contribution in [2.75, 3.05) is 5.32 Å². The SMILES string of the molecule is O=C(Nc1cn2cc(-c3cccc(F)c3F)ccc2n1)[C@@H]1C[C@@H]1F. The number of hydrogen-bond acceptors (Lipinski definition) is 2. The number of carbonyl (C=O) groups is 1. The van der Waals surface area contributed by atoms with Crippen LogP contribution in [0.1, 0.15) is 6.42 Å². The van der Waals surface area contributed by atoms with Crippen molar-refractivity contribution >= 4 is 17.4 Å². The normalized spacial score (nSPS) is 19.5. The Bertz CT molecular complexity index is 953. The van der Waals surface area contributed by atoms with Gasteiger partial charge in [0.1, 0.15) is 11.8 Å². The van der Waals surface area contributed by atoms with Crippen molar-refractivity contribution in [1.29, 1.82) is 0 Å². The molecule has 4 nitrogen and oxygen atoms in total. The molecule has 0 spiro atoms. The lowest BCUT2D eigenvalue weighted by Gasteiger charge is -2.04. The molecule has 2 atom stereocenters. The fraction of sp³-hybridized carbons (Fsp3) is 0.176. The van der Waals surface area contributed by atoms with E-state index in [-0.39, 0.29) is 17.8 Å². The first-order valence-electron chi connectivity index (χ1n) is 7.41. The summed E-state index contributed by atoms with van der Waals surface area (Å²) in [7, 11) is 0. The minimum Gasteiger partial charge on any atom is -0.309 e. The molecule has 2 aromatic heterocycles. The third-order valence-electron chi connectivity index (χ3n) is 4.01. The summed E-state index contributed by atoms with van der Waals surface area (Å²) in [5.41, 5.74) is 1.13. The second kappa shape index (κ2) is 5.36. The molecule has 3 aromatic rings. The predicted octanol–water partition coefficient (Wildman–Crippen LogP) is 3.58. The highest BCUT2D eigenvalue weighted by atomic mass is 19.2. The molecule has 1 saturated carbocycles. The average molecular weight is 331 g/mol. The van der Waals surface area contributed by atoms with Crippen LogP contribution < -0.4 is 5.32 Å². The van der Waals surface area contributed by atoms with E-state index in [0.29, 0.717) is 11.2 Å². The molecular weight excluding hydrogens is 319 g/mol. The number of nitrogens with zero attached hydrogens (tertiary/aromatic N) is 2. The fourth-order valence-corrected chi connectivity index (χ4v) is 2.59. The van der Waals surface area contributed by atoms with Crippen molar-refractivity contribution in [2.24, 2.45) is 5.92 Å². The fourth-order valence-electron chi connectivity index (χ4n) is 2.59. The molecule has 1 aliphatic carbocycles. The summed E-state index contributed by atoms with van der Waals surface area (Å²) in [6.07, 6.45) is 2.29. The molecular formula is C17H12F3N3O. The molecule has 1 amide bonds. The van der Waals surface area contributed by atoms with Crippen LogP contribution in [0, 0.1) is 17.6 Å². The van der Waals surface area contributed by atoms with E-state index in [9.17, 15) is 18.0 Å². The van der Waals surface area contributed by atoms with Gasteiger partial charge in [0.05, 0.1) is 12.1 Å². The monoisotopic (exact) mass is 331 g/mol. The Morgan fingerprint density at radius 1 is 1.21 bits per heavy atom. The minimum atomic E-state index is -1.08. The van der Waals surface area contributed by atoms with Crippen LogP contribution in [0.4, 0.5) is 19.0 Å². The summed E-state index contributed by atoms with van der Waals surface area (Å²) in [6, 6.07) is 7.21. The molecule has 0 saturated heterocycles. The van der Waals surface area contributed by atoms with Gasteiger partial charge >= 0.3 is 0 Å². The lowest BCUT2D eigenvalue weighted by molar-refractivity contribution is -0.117. The van der Waals surface area contributed by atoms with Gasteiger partial charge in [0.2, 0.25) is 5.91 Å². The maximum atomic E-state index is 13.9. The Morgan fingerprint density at radius 3 is 2.75 bits per heavy atom. The number of nitrogens with one attached hydrogen (secondary N) is 1. The number of imidazole rings is 1. The number of anilines is 1. The van der Waals surface area contributed by atoms with Crippen LogP contribution in [0.3, 0.4) is 0 Å². The average Bonchev–Trinajstić information content (AvgIpc) is 3.15. The van der Waals surface area contributed by atoms with Crippen molar-refractivity contribution in [1.82, 2.24) is 9.38 Å². The zero-order valence-corrected chi connectivity index (χ0v) is 12.3. The Kier molecular flexibility index (Phi) is 3.30. The summed E-state index contributed by atoms with van der Waals surface area (Å²) in [6.45, 7) is 0. The van der Waals surface area contributed by atoms with E-state index in [1.54, 1.807) is 28.9 Å². The van der Waals surface area contributed by atoms with E-state index >= 15 is 0 Å². The van der Waals surface area contributed by atoms with Crippen LogP contribution in [-0.2, 0) is 4.79 Å². The van der Waals surface area contributed by atoms with Gasteiger partial charge in [-0.2, -0.15) is 0 Å². The quantitative estimate of drug-likeness (QED) is 0.797. The van der Waals surface area contributed by atoms with Gasteiger partial charge in [0.15, 0.2) is 17.5 Å². The second-order valence-electron chi connectivity index (χ2n) is 5.76. The first kappa shape index (κ1) is 14.7. The molecule has 4 rings (SSSR count). The van der Waals surface area contributed by atoms with Gasteiger partial charge in [-0.3, -0.25) is 4.79 Å². The minimum absolute atomic E-state index is 0.134. The van der Waals surface area contributed by atoms with Crippen LogP contribution in [-0.4, -0.2) is 21.5 Å². The molecule has 0 bridgehead atoms. The van der Waals surface area contributed by atoms with Gasteiger partial charge in [-0.15, -0.1) is 0 Å². The molecule has 1 aromatic carbocycles. The molecule has 0 aliphatic heterocycles. The highest BCUT2D eigenvalue weighted by Gasteiger charge is 2.43. The molecule has 0 radical (unpaired) electrons. The van der Waals surface area contributed by atoms with E-state index in [1.165, 1.54) is 12.1 Å². The first-order valence-corrected chi connectivity index (χ1v) is 7.41. The zero-order chi connectivity index (χ0) is 16.8. The predicted molar refractivity (Wildman–Crippen MR) is 82.2 cm³/mol. The Labute approximate surface area is 134 Å². The van der Waals surface area contributed by atoms with Gasteiger partial charge < -0.3 is 9.72 Å². The third kappa shape index (κ3) is 2.51. The number of rotatable bonds is 3. The summed E-state index contributed by atoms with van der Waals surface area (Å²) in [4.78, 5) is 15.9. The standard InChI is InChI=1S/C17H12F3N3O/c18-12-3-1-2-10(16(12)20)9-4-5-15-21-14(8-23(15)7-9)22-17(24)11-6-13(11)19/h1-5,7-8,11,13H,6H2,(H,22,24)/t11-,13+/m1/s1. The van der Waals surface area contributed by atoms with Crippen LogP contribution >= 0.6 is 0 Å². The number of benzene rings is 1. The molecule has 24 heavy (non-hydrogen) atoms. The Hall–Kier alpha value is -2.83. The number of carbonyl (C=O) groups excluding carboxylic acids is 1. The number of fused-ring (bicyclic) bond motifs is 1. The number of amides is 1. The van der Waals surface area contributed by atoms with Crippen LogP contribution in [0.25, 0.3) is 16.8 Å². The zero-order valence-electron chi connectivity index (χ0n) is 12.3. The number of pyridine rings is 1. The highest BCUT2D eigenvalue weighted by Crippen LogP contribution is 2.34. The topological polar surface area (TPSA) is 46.4 Å². The van der Waals surface area contributed by atoms with Crippen molar-refractivity contribution in [3.63, 3.8) is 0 Å². The summed E-state index contributed by atoms with van der Waals surface area (Å²) >= 11 is 0. The lowest BCUT2D eigenvalue weighted by atomic mass is 10.1.